The van der Waals surface area contributed by atoms with Crippen molar-refractivity contribution < 1.29 is 14.0 Å². The van der Waals surface area contributed by atoms with E-state index in [4.69, 9.17) is 0 Å². The van der Waals surface area contributed by atoms with Crippen LogP contribution in [-0.4, -0.2) is 20.8 Å². The van der Waals surface area contributed by atoms with Crippen LogP contribution in [0.3, 0.4) is 0 Å². The molecule has 1 atom stereocenters. The second-order valence-electron chi connectivity index (χ2n) is 6.64. The Morgan fingerprint density at radius 3 is 2.48 bits per heavy atom. The van der Waals surface area contributed by atoms with Gasteiger partial charge in [-0.25, -0.2) is 0 Å². The molecule has 3 rings (SSSR count). The minimum Gasteiger partial charge on any atom is -0.312 e. The van der Waals surface area contributed by atoms with Crippen LogP contribution in [0, 0.1) is 13.8 Å². The number of halogens is 2. The van der Waals surface area contributed by atoms with Gasteiger partial charge in [0.05, 0.1) is 6.04 Å². The van der Waals surface area contributed by atoms with Crippen molar-refractivity contribution in [1.82, 2.24) is 10.0 Å². The molecule has 0 fully saturated rings. The first-order valence-electron chi connectivity index (χ1n) is 7.56. The summed E-state index contributed by atoms with van der Waals surface area (Å²) >= 11 is 0. The van der Waals surface area contributed by atoms with Gasteiger partial charge in [0.15, 0.2) is 0 Å². The van der Waals surface area contributed by atoms with E-state index in [-0.39, 0.29) is 5.56 Å². The first kappa shape index (κ1) is 16.0. The summed E-state index contributed by atoms with van der Waals surface area (Å²) in [5, 5.41) is 11.4. The van der Waals surface area contributed by atoms with Crippen LogP contribution < -0.4 is 0 Å². The van der Waals surface area contributed by atoms with Gasteiger partial charge in [-0.2, -0.15) is 13.8 Å². The zero-order chi connectivity index (χ0) is 17.0. The summed E-state index contributed by atoms with van der Waals surface area (Å²) in [5.41, 5.74) is 1.18. The predicted octanol–water partition coefficient (Wildman–Crippen LogP) is 4.36. The molecule has 1 unspecified atom stereocenters. The molecule has 0 spiro atoms. The Bertz CT molecular complexity index is 758. The average Bonchev–Trinajstić information content (AvgIpc) is 2.50. The highest BCUT2D eigenvalue weighted by molar-refractivity contribution is 5.44. The molecule has 3 nitrogen and oxygen atoms in total. The van der Waals surface area contributed by atoms with Crippen molar-refractivity contribution in [1.29, 1.82) is 0 Å². The Kier molecular flexibility index (Phi) is 3.54. The highest BCUT2D eigenvalue weighted by atomic mass is 19.3. The number of aromatic nitrogens is 1. The van der Waals surface area contributed by atoms with Gasteiger partial charge >= 0.3 is 0 Å². The molecule has 1 aliphatic rings. The SMILES string of the molecule is Cc1cc(C2c3ccccc3C(F)(F)C(C)(C)N2O)cnc1C. The van der Waals surface area contributed by atoms with Crippen molar-refractivity contribution in [3.63, 3.8) is 0 Å². The molecular formula is C18H20F2N2O. The molecule has 122 valence electrons. The lowest BCUT2D eigenvalue weighted by Crippen LogP contribution is -2.58. The number of benzene rings is 1. The number of hydrogen-bond acceptors (Lipinski definition) is 3. The van der Waals surface area contributed by atoms with Crippen molar-refractivity contribution in [2.45, 2.75) is 45.2 Å². The zero-order valence-electron chi connectivity index (χ0n) is 13.6. The molecule has 2 heterocycles. The van der Waals surface area contributed by atoms with Crippen LogP contribution in [0.2, 0.25) is 0 Å². The second kappa shape index (κ2) is 5.08. The minimum absolute atomic E-state index is 0.0430. The first-order valence-corrected chi connectivity index (χ1v) is 7.56. The highest BCUT2D eigenvalue weighted by Gasteiger charge is 2.59. The summed E-state index contributed by atoms with van der Waals surface area (Å²) in [6, 6.07) is 7.61. The van der Waals surface area contributed by atoms with Gasteiger partial charge in [0.1, 0.15) is 5.54 Å². The third-order valence-electron chi connectivity index (χ3n) is 4.86. The van der Waals surface area contributed by atoms with Gasteiger partial charge in [0, 0.05) is 17.5 Å². The van der Waals surface area contributed by atoms with Crippen LogP contribution in [0.15, 0.2) is 36.5 Å². The maximum atomic E-state index is 14.8. The van der Waals surface area contributed by atoms with Gasteiger partial charge in [-0.15, -0.1) is 0 Å². The molecule has 1 aliphatic heterocycles. The molecule has 0 amide bonds. The monoisotopic (exact) mass is 318 g/mol. The number of hydrogen-bond donors (Lipinski definition) is 1. The van der Waals surface area contributed by atoms with Gasteiger partial charge in [-0.3, -0.25) is 4.98 Å². The third kappa shape index (κ3) is 2.18. The average molecular weight is 318 g/mol. The fraction of sp³-hybridized carbons (Fsp3) is 0.389. The summed E-state index contributed by atoms with van der Waals surface area (Å²) < 4.78 is 29.7. The lowest BCUT2D eigenvalue weighted by Gasteiger charge is -2.49. The standard InChI is InChI=1S/C18H20F2N2O/c1-11-9-13(10-21-12(11)2)16-14-7-5-6-8-15(14)18(19,20)17(3,4)22(16)23/h5-10,16,23H,1-4H3. The molecule has 0 saturated carbocycles. The first-order chi connectivity index (χ1) is 10.7. The molecule has 23 heavy (non-hydrogen) atoms. The molecule has 0 saturated heterocycles. The predicted molar refractivity (Wildman–Crippen MR) is 83.6 cm³/mol. The molecule has 2 aromatic rings. The van der Waals surface area contributed by atoms with Gasteiger partial charge in [0.2, 0.25) is 0 Å². The van der Waals surface area contributed by atoms with Gasteiger partial charge in [-0.1, -0.05) is 30.3 Å². The lowest BCUT2D eigenvalue weighted by molar-refractivity contribution is -0.273. The fourth-order valence-electron chi connectivity index (χ4n) is 3.08. The van der Waals surface area contributed by atoms with E-state index >= 15 is 0 Å². The van der Waals surface area contributed by atoms with Gasteiger partial charge in [0.25, 0.3) is 5.92 Å². The Balaban J connectivity index is 2.26. The van der Waals surface area contributed by atoms with Crippen molar-refractivity contribution in [2.75, 3.05) is 0 Å². The van der Waals surface area contributed by atoms with Crippen LogP contribution in [0.5, 0.6) is 0 Å². The van der Waals surface area contributed by atoms with Crippen LogP contribution in [0.4, 0.5) is 8.78 Å². The Morgan fingerprint density at radius 1 is 1.17 bits per heavy atom. The Hall–Kier alpha value is -1.85. The molecule has 1 aromatic carbocycles. The number of alkyl halides is 2. The van der Waals surface area contributed by atoms with Crippen molar-refractivity contribution >= 4 is 0 Å². The summed E-state index contributed by atoms with van der Waals surface area (Å²) in [4.78, 5) is 4.32. The molecule has 0 bridgehead atoms. The molecule has 0 radical (unpaired) electrons. The number of pyridine rings is 1. The summed E-state index contributed by atoms with van der Waals surface area (Å²) in [7, 11) is 0. The molecule has 1 aromatic heterocycles. The molecule has 1 N–H and O–H groups in total. The number of rotatable bonds is 1. The topological polar surface area (TPSA) is 36.4 Å². The molecule has 5 heteroatoms. The van der Waals surface area contributed by atoms with Crippen LogP contribution in [0.25, 0.3) is 0 Å². The summed E-state index contributed by atoms with van der Waals surface area (Å²) in [5.74, 6) is -3.16. The van der Waals surface area contributed by atoms with Gasteiger partial charge < -0.3 is 5.21 Å². The minimum atomic E-state index is -3.16. The molecular weight excluding hydrogens is 298 g/mol. The van der Waals surface area contributed by atoms with E-state index in [0.29, 0.717) is 11.1 Å². The number of nitrogens with zero attached hydrogens (tertiary/aromatic N) is 2. The number of fused-ring (bicyclic) bond motifs is 1. The maximum Gasteiger partial charge on any atom is 0.293 e. The zero-order valence-corrected chi connectivity index (χ0v) is 13.6. The Labute approximate surface area is 134 Å². The van der Waals surface area contributed by atoms with Crippen molar-refractivity contribution in [2.24, 2.45) is 0 Å². The van der Waals surface area contributed by atoms with E-state index < -0.39 is 17.5 Å². The summed E-state index contributed by atoms with van der Waals surface area (Å²) in [6.45, 7) is 6.51. The number of aryl methyl sites for hydroxylation is 2. The maximum absolute atomic E-state index is 14.8. The largest absolute Gasteiger partial charge is 0.312 e. The normalized spacial score (nSPS) is 22.7. The van der Waals surface area contributed by atoms with E-state index in [9.17, 15) is 14.0 Å². The Morgan fingerprint density at radius 2 is 1.83 bits per heavy atom. The van der Waals surface area contributed by atoms with Crippen LogP contribution >= 0.6 is 0 Å². The van der Waals surface area contributed by atoms with E-state index in [1.165, 1.54) is 19.9 Å². The number of hydroxylamine groups is 2. The smallest absolute Gasteiger partial charge is 0.293 e. The molecule has 0 aliphatic carbocycles. The highest BCUT2D eigenvalue weighted by Crippen LogP contribution is 2.52. The summed E-state index contributed by atoms with van der Waals surface area (Å²) in [6.07, 6.45) is 1.65. The fourth-order valence-corrected chi connectivity index (χ4v) is 3.08. The van der Waals surface area contributed by atoms with Gasteiger partial charge in [-0.05, 0) is 44.4 Å². The third-order valence-corrected chi connectivity index (χ3v) is 4.86. The van der Waals surface area contributed by atoms with Crippen molar-refractivity contribution in [3.8, 4) is 0 Å². The van der Waals surface area contributed by atoms with Crippen LogP contribution in [0.1, 0.15) is 47.8 Å². The second-order valence-corrected chi connectivity index (χ2v) is 6.64. The van der Waals surface area contributed by atoms with E-state index in [1.54, 1.807) is 24.4 Å². The van der Waals surface area contributed by atoms with E-state index in [2.05, 4.69) is 4.98 Å². The van der Waals surface area contributed by atoms with E-state index in [1.807, 2.05) is 19.9 Å². The van der Waals surface area contributed by atoms with E-state index in [0.717, 1.165) is 16.3 Å². The van der Waals surface area contributed by atoms with Crippen molar-refractivity contribution in [3.05, 3.63) is 64.5 Å². The lowest BCUT2D eigenvalue weighted by atomic mass is 9.78. The van der Waals surface area contributed by atoms with Crippen LogP contribution in [-0.2, 0) is 5.92 Å². The quantitative estimate of drug-likeness (QED) is 0.848.